The molecule has 4 atom stereocenters. The number of aromatic nitrogens is 2. The second kappa shape index (κ2) is 8.33. The number of carbonyl (C=O) groups excluding carboxylic acids is 1. The van der Waals surface area contributed by atoms with Gasteiger partial charge in [0.25, 0.3) is 5.91 Å². The summed E-state index contributed by atoms with van der Waals surface area (Å²) in [6.07, 6.45) is -4.77. The number of fused-ring (bicyclic) bond motifs is 1. The standard InChI is InChI=1S/C24H23F4N3O4/c1-10-13(25)6-5-12(20(10)34-4)17-11(2)23(3,24(26,27)28)35-21(17)15-9-16(32)18-14(31-15)7-8-30-19(18)22(29)33/h5-9,11,17,21H,1-4H3,(H2,29,33)(H,31,32)/t11-,17-,21-,23+/m1/s1. The van der Waals surface area contributed by atoms with Gasteiger partial charge in [0.05, 0.1) is 18.0 Å². The van der Waals surface area contributed by atoms with E-state index >= 15 is 0 Å². The van der Waals surface area contributed by atoms with E-state index in [1.165, 1.54) is 39.3 Å². The van der Waals surface area contributed by atoms with Crippen LogP contribution in [-0.2, 0) is 4.74 Å². The number of hydrogen-bond acceptors (Lipinski definition) is 5. The number of nitrogens with one attached hydrogen (secondary N) is 1. The number of carbonyl (C=O) groups is 1. The van der Waals surface area contributed by atoms with Crippen LogP contribution in [-0.4, -0.2) is 34.8 Å². The van der Waals surface area contributed by atoms with Crippen molar-refractivity contribution in [3.8, 4) is 5.75 Å². The topological polar surface area (TPSA) is 107 Å². The molecule has 2 aromatic heterocycles. The molecule has 0 unspecified atom stereocenters. The Balaban J connectivity index is 1.98. The van der Waals surface area contributed by atoms with Crippen molar-refractivity contribution < 1.29 is 31.8 Å². The smallest absolute Gasteiger partial charge is 0.417 e. The van der Waals surface area contributed by atoms with Gasteiger partial charge in [0.1, 0.15) is 23.4 Å². The molecule has 186 valence electrons. The van der Waals surface area contributed by atoms with Crippen molar-refractivity contribution in [2.24, 2.45) is 11.7 Å². The molecule has 1 saturated heterocycles. The molecule has 11 heteroatoms. The number of amides is 1. The Kier molecular flexibility index (Phi) is 5.87. The van der Waals surface area contributed by atoms with Gasteiger partial charge in [-0.25, -0.2) is 4.39 Å². The van der Waals surface area contributed by atoms with Crippen LogP contribution >= 0.6 is 0 Å². The van der Waals surface area contributed by atoms with Gasteiger partial charge in [-0.1, -0.05) is 13.0 Å². The number of aromatic amines is 1. The minimum Gasteiger partial charge on any atom is -0.496 e. The molecule has 0 aliphatic carbocycles. The number of alkyl halides is 3. The fourth-order valence-corrected chi connectivity index (χ4v) is 4.85. The van der Waals surface area contributed by atoms with Gasteiger partial charge in [0.2, 0.25) is 0 Å². The quantitative estimate of drug-likeness (QED) is 0.528. The summed E-state index contributed by atoms with van der Waals surface area (Å²) in [6.45, 7) is 3.80. The number of benzene rings is 1. The fraction of sp³-hybridized carbons (Fsp3) is 0.375. The zero-order valence-corrected chi connectivity index (χ0v) is 19.3. The number of hydrogen-bond donors (Lipinski definition) is 2. The summed E-state index contributed by atoms with van der Waals surface area (Å²) in [5.41, 5.74) is 2.48. The van der Waals surface area contributed by atoms with Crippen molar-refractivity contribution in [1.82, 2.24) is 9.97 Å². The zero-order chi connectivity index (χ0) is 25.9. The molecule has 1 aliphatic heterocycles. The fourth-order valence-electron chi connectivity index (χ4n) is 4.85. The zero-order valence-electron chi connectivity index (χ0n) is 19.3. The molecule has 1 aromatic carbocycles. The molecule has 7 nitrogen and oxygen atoms in total. The SMILES string of the molecule is COc1c([C@@H]2[C@@H](c3cc(=O)c4c(C(N)=O)nccc4[nH]3)O[C@](C)(C(F)(F)F)[C@@H]2C)ccc(F)c1C. The van der Waals surface area contributed by atoms with Crippen molar-refractivity contribution >= 4 is 16.8 Å². The Bertz CT molecular complexity index is 1390. The van der Waals surface area contributed by atoms with Gasteiger partial charge in [0, 0.05) is 40.9 Å². The first kappa shape index (κ1) is 24.6. The summed E-state index contributed by atoms with van der Waals surface area (Å²) in [7, 11) is 1.31. The first-order valence-electron chi connectivity index (χ1n) is 10.7. The molecule has 3 aromatic rings. The minimum absolute atomic E-state index is 0.0537. The molecule has 3 N–H and O–H groups in total. The van der Waals surface area contributed by atoms with Crippen LogP contribution in [0, 0.1) is 18.7 Å². The maximum Gasteiger partial charge on any atom is 0.417 e. The molecule has 0 radical (unpaired) electrons. The Labute approximate surface area is 197 Å². The Morgan fingerprint density at radius 3 is 2.57 bits per heavy atom. The Hall–Kier alpha value is -3.47. The molecule has 1 amide bonds. The average molecular weight is 493 g/mol. The molecule has 0 saturated carbocycles. The van der Waals surface area contributed by atoms with Crippen LogP contribution in [0.1, 0.15) is 53.2 Å². The normalized spacial score (nSPS) is 24.6. The number of pyridine rings is 2. The second-order valence-corrected chi connectivity index (χ2v) is 8.79. The number of H-pyrrole nitrogens is 1. The van der Waals surface area contributed by atoms with E-state index in [9.17, 15) is 27.2 Å². The van der Waals surface area contributed by atoms with Crippen LogP contribution in [0.4, 0.5) is 17.6 Å². The monoisotopic (exact) mass is 493 g/mol. The molecular formula is C24H23F4N3O4. The van der Waals surface area contributed by atoms with E-state index in [1.807, 2.05) is 0 Å². The largest absolute Gasteiger partial charge is 0.496 e. The van der Waals surface area contributed by atoms with E-state index in [2.05, 4.69) is 9.97 Å². The lowest BCUT2D eigenvalue weighted by atomic mass is 9.76. The van der Waals surface area contributed by atoms with Gasteiger partial charge < -0.3 is 20.2 Å². The van der Waals surface area contributed by atoms with Gasteiger partial charge in [-0.3, -0.25) is 14.6 Å². The molecule has 0 bridgehead atoms. The van der Waals surface area contributed by atoms with Crippen LogP contribution in [0.3, 0.4) is 0 Å². The van der Waals surface area contributed by atoms with Crippen LogP contribution in [0.15, 0.2) is 35.3 Å². The molecule has 1 aliphatic rings. The van der Waals surface area contributed by atoms with Crippen molar-refractivity contribution in [2.45, 2.75) is 44.6 Å². The molecule has 3 heterocycles. The van der Waals surface area contributed by atoms with Crippen LogP contribution in [0.25, 0.3) is 10.9 Å². The third-order valence-electron chi connectivity index (χ3n) is 6.90. The maximum atomic E-state index is 14.2. The van der Waals surface area contributed by atoms with E-state index in [1.54, 1.807) is 0 Å². The number of nitrogens with zero attached hydrogens (tertiary/aromatic N) is 1. The maximum absolute atomic E-state index is 14.2. The van der Waals surface area contributed by atoms with Gasteiger partial charge >= 0.3 is 6.18 Å². The van der Waals surface area contributed by atoms with Gasteiger partial charge in [0.15, 0.2) is 11.0 Å². The highest BCUT2D eigenvalue weighted by Crippen LogP contribution is 2.59. The Morgan fingerprint density at radius 2 is 1.97 bits per heavy atom. The summed E-state index contributed by atoms with van der Waals surface area (Å²) < 4.78 is 68.0. The molecular weight excluding hydrogens is 470 g/mol. The lowest BCUT2D eigenvalue weighted by Gasteiger charge is -2.32. The molecule has 4 rings (SSSR count). The van der Waals surface area contributed by atoms with Crippen molar-refractivity contribution in [3.05, 3.63) is 69.0 Å². The van der Waals surface area contributed by atoms with Gasteiger partial charge in [-0.15, -0.1) is 0 Å². The number of rotatable bonds is 4. The average Bonchev–Trinajstić information content (AvgIpc) is 3.06. The van der Waals surface area contributed by atoms with Gasteiger partial charge in [-0.05, 0) is 26.0 Å². The number of halogens is 4. The summed E-state index contributed by atoms with van der Waals surface area (Å²) >= 11 is 0. The highest BCUT2D eigenvalue weighted by atomic mass is 19.4. The molecule has 35 heavy (non-hydrogen) atoms. The second-order valence-electron chi connectivity index (χ2n) is 8.79. The van der Waals surface area contributed by atoms with Crippen molar-refractivity contribution in [1.29, 1.82) is 0 Å². The van der Waals surface area contributed by atoms with Crippen LogP contribution < -0.4 is 15.9 Å². The molecule has 1 fully saturated rings. The first-order chi connectivity index (χ1) is 16.3. The van der Waals surface area contributed by atoms with Crippen LogP contribution in [0.5, 0.6) is 5.75 Å². The number of methoxy groups -OCH3 is 1. The number of nitrogens with two attached hydrogens (primary N) is 1. The highest BCUT2D eigenvalue weighted by Gasteiger charge is 2.65. The first-order valence-corrected chi connectivity index (χ1v) is 10.7. The Morgan fingerprint density at radius 1 is 1.29 bits per heavy atom. The van der Waals surface area contributed by atoms with E-state index < -0.39 is 46.9 Å². The van der Waals surface area contributed by atoms with E-state index in [-0.39, 0.29) is 33.6 Å². The van der Waals surface area contributed by atoms with E-state index in [0.29, 0.717) is 5.56 Å². The third-order valence-corrected chi connectivity index (χ3v) is 6.90. The van der Waals surface area contributed by atoms with E-state index in [0.717, 1.165) is 19.1 Å². The highest BCUT2D eigenvalue weighted by molar-refractivity contribution is 6.03. The summed E-state index contributed by atoms with van der Waals surface area (Å²) in [5, 5.41) is -0.0832. The summed E-state index contributed by atoms with van der Waals surface area (Å²) in [6, 6.07) is 5.01. The lowest BCUT2D eigenvalue weighted by Crippen LogP contribution is -2.46. The van der Waals surface area contributed by atoms with Crippen LogP contribution in [0.2, 0.25) is 0 Å². The van der Waals surface area contributed by atoms with Gasteiger partial charge in [-0.2, -0.15) is 13.2 Å². The number of ether oxygens (including phenoxy) is 2. The minimum atomic E-state index is -4.75. The third kappa shape index (κ3) is 3.74. The van der Waals surface area contributed by atoms with Crippen molar-refractivity contribution in [3.63, 3.8) is 0 Å². The van der Waals surface area contributed by atoms with E-state index in [4.69, 9.17) is 15.2 Å². The van der Waals surface area contributed by atoms with Crippen molar-refractivity contribution in [2.75, 3.05) is 7.11 Å². The molecule has 0 spiro atoms. The predicted molar refractivity (Wildman–Crippen MR) is 119 cm³/mol. The lowest BCUT2D eigenvalue weighted by molar-refractivity contribution is -0.275. The predicted octanol–water partition coefficient (Wildman–Crippen LogP) is 4.29. The number of primary amides is 1. The summed E-state index contributed by atoms with van der Waals surface area (Å²) in [5.74, 6) is -3.51. The summed E-state index contributed by atoms with van der Waals surface area (Å²) in [4.78, 5) is 31.5.